The maximum Gasteiger partial charge on any atom is 0.433 e. The first-order valence-corrected chi connectivity index (χ1v) is 7.29. The van der Waals surface area contributed by atoms with Crippen LogP contribution < -0.4 is 0 Å². The van der Waals surface area contributed by atoms with Crippen LogP contribution in [0.15, 0.2) is 45.2 Å². The van der Waals surface area contributed by atoms with E-state index in [9.17, 15) is 14.9 Å². The topological polar surface area (TPSA) is 122 Å². The third kappa shape index (κ3) is 3.55. The minimum absolute atomic E-state index is 0.102. The molecule has 1 atom stereocenters. The zero-order chi connectivity index (χ0) is 18.0. The molecule has 1 aromatic carbocycles. The van der Waals surface area contributed by atoms with Gasteiger partial charge in [-0.25, -0.2) is 4.79 Å². The number of aromatic nitrogens is 2. The molecule has 0 saturated heterocycles. The summed E-state index contributed by atoms with van der Waals surface area (Å²) in [7, 11) is 0. The Morgan fingerprint density at radius 3 is 2.52 bits per heavy atom. The lowest BCUT2D eigenvalue weighted by atomic mass is 10.1. The summed E-state index contributed by atoms with van der Waals surface area (Å²) in [5, 5.41) is 18.4. The van der Waals surface area contributed by atoms with E-state index in [0.717, 1.165) is 17.2 Å². The third-order valence-electron chi connectivity index (χ3n) is 3.34. The molecule has 9 nitrogen and oxygen atoms in total. The molecule has 0 spiro atoms. The molecular formula is C16H13N3O6. The summed E-state index contributed by atoms with van der Waals surface area (Å²) in [6.07, 6.45) is -0.844. The maximum absolute atomic E-state index is 12.0. The van der Waals surface area contributed by atoms with Crippen LogP contribution >= 0.6 is 0 Å². The van der Waals surface area contributed by atoms with Crippen molar-refractivity contribution in [1.82, 2.24) is 10.2 Å². The summed E-state index contributed by atoms with van der Waals surface area (Å²) in [6, 6.07) is 9.73. The molecule has 2 aromatic heterocycles. The van der Waals surface area contributed by atoms with Gasteiger partial charge in [-0.1, -0.05) is 17.7 Å². The Hall–Kier alpha value is -3.49. The number of benzene rings is 1. The van der Waals surface area contributed by atoms with Crippen LogP contribution in [0.5, 0.6) is 0 Å². The van der Waals surface area contributed by atoms with Crippen molar-refractivity contribution < 1.29 is 23.3 Å². The second-order valence-electron chi connectivity index (χ2n) is 5.25. The molecule has 0 fully saturated rings. The van der Waals surface area contributed by atoms with Gasteiger partial charge in [-0.15, -0.1) is 10.2 Å². The Balaban J connectivity index is 1.70. The molecular weight excluding hydrogens is 330 g/mol. The van der Waals surface area contributed by atoms with Crippen molar-refractivity contribution in [1.29, 1.82) is 0 Å². The van der Waals surface area contributed by atoms with E-state index in [1.165, 1.54) is 6.07 Å². The number of aryl methyl sites for hydroxylation is 1. The van der Waals surface area contributed by atoms with Gasteiger partial charge >= 0.3 is 11.9 Å². The van der Waals surface area contributed by atoms with Crippen LogP contribution in [0.25, 0.3) is 11.5 Å². The van der Waals surface area contributed by atoms with Crippen molar-refractivity contribution in [3.8, 4) is 11.5 Å². The highest BCUT2D eigenvalue weighted by molar-refractivity contribution is 5.86. The molecule has 25 heavy (non-hydrogen) atoms. The van der Waals surface area contributed by atoms with E-state index in [1.54, 1.807) is 6.92 Å². The molecule has 0 aliphatic carbocycles. The third-order valence-corrected chi connectivity index (χ3v) is 3.34. The summed E-state index contributed by atoms with van der Waals surface area (Å²) in [5.41, 5.74) is 1.84. The molecule has 0 aliphatic heterocycles. The number of esters is 1. The first-order valence-electron chi connectivity index (χ1n) is 7.29. The van der Waals surface area contributed by atoms with Crippen LogP contribution in [0, 0.1) is 17.0 Å². The van der Waals surface area contributed by atoms with Gasteiger partial charge in [0.1, 0.15) is 4.92 Å². The first kappa shape index (κ1) is 16.4. The number of furan rings is 1. The van der Waals surface area contributed by atoms with Gasteiger partial charge in [0.2, 0.25) is 11.7 Å². The van der Waals surface area contributed by atoms with Crippen LogP contribution in [-0.4, -0.2) is 21.1 Å². The zero-order valence-corrected chi connectivity index (χ0v) is 13.3. The smallest absolute Gasteiger partial charge is 0.433 e. The van der Waals surface area contributed by atoms with Crippen LogP contribution in [0.2, 0.25) is 0 Å². The molecule has 0 amide bonds. The van der Waals surface area contributed by atoms with Gasteiger partial charge in [0.25, 0.3) is 5.89 Å². The minimum atomic E-state index is -0.865. The molecule has 3 rings (SSSR count). The highest BCUT2D eigenvalue weighted by Crippen LogP contribution is 2.24. The lowest BCUT2D eigenvalue weighted by molar-refractivity contribution is -0.402. The molecule has 0 aliphatic rings. The van der Waals surface area contributed by atoms with Crippen LogP contribution in [0.4, 0.5) is 5.88 Å². The Bertz CT molecular complexity index is 912. The molecule has 0 N–H and O–H groups in total. The van der Waals surface area contributed by atoms with Gasteiger partial charge in [-0.2, -0.15) is 0 Å². The SMILES string of the molecule is Cc1ccc(-c2nnc([C@@H](C)OC(=O)c3ccc([N+](=O)[O-])o3)o2)cc1. The normalized spacial score (nSPS) is 11.9. The van der Waals surface area contributed by atoms with Crippen molar-refractivity contribution in [3.05, 3.63) is 63.7 Å². The number of nitro groups is 1. The van der Waals surface area contributed by atoms with Gasteiger partial charge in [0, 0.05) is 5.56 Å². The first-order chi connectivity index (χ1) is 11.9. The Morgan fingerprint density at radius 2 is 1.88 bits per heavy atom. The van der Waals surface area contributed by atoms with Crippen molar-refractivity contribution in [2.45, 2.75) is 20.0 Å². The maximum atomic E-state index is 12.0. The fourth-order valence-electron chi connectivity index (χ4n) is 2.02. The van der Waals surface area contributed by atoms with Crippen molar-refractivity contribution in [2.24, 2.45) is 0 Å². The average molecular weight is 343 g/mol. The largest absolute Gasteiger partial charge is 0.447 e. The molecule has 0 unspecified atom stereocenters. The molecule has 9 heteroatoms. The number of ether oxygens (including phenoxy) is 1. The highest BCUT2D eigenvalue weighted by atomic mass is 16.7. The molecule has 0 bridgehead atoms. The van der Waals surface area contributed by atoms with Crippen molar-refractivity contribution in [2.75, 3.05) is 0 Å². The molecule has 0 radical (unpaired) electrons. The summed E-state index contributed by atoms with van der Waals surface area (Å²) < 4.78 is 15.4. The fraction of sp³-hybridized carbons (Fsp3) is 0.188. The monoisotopic (exact) mass is 343 g/mol. The van der Waals surface area contributed by atoms with Gasteiger partial charge in [-0.05, 0) is 32.0 Å². The number of hydrogen-bond donors (Lipinski definition) is 0. The second kappa shape index (κ2) is 6.56. The van der Waals surface area contributed by atoms with Crippen molar-refractivity contribution in [3.63, 3.8) is 0 Å². The van der Waals surface area contributed by atoms with Gasteiger partial charge in [-0.3, -0.25) is 10.1 Å². The molecule has 2 heterocycles. The lowest BCUT2D eigenvalue weighted by Gasteiger charge is -2.07. The van der Waals surface area contributed by atoms with E-state index >= 15 is 0 Å². The summed E-state index contributed by atoms with van der Waals surface area (Å²) >= 11 is 0. The van der Waals surface area contributed by atoms with E-state index in [1.807, 2.05) is 31.2 Å². The Labute approximate surface area is 141 Å². The van der Waals surface area contributed by atoms with E-state index in [2.05, 4.69) is 10.2 Å². The molecule has 128 valence electrons. The fourth-order valence-corrected chi connectivity index (χ4v) is 2.02. The lowest BCUT2D eigenvalue weighted by Crippen LogP contribution is -2.08. The predicted molar refractivity (Wildman–Crippen MR) is 83.7 cm³/mol. The van der Waals surface area contributed by atoms with Gasteiger partial charge < -0.3 is 13.6 Å². The highest BCUT2D eigenvalue weighted by Gasteiger charge is 2.23. The van der Waals surface area contributed by atoms with Crippen LogP contribution in [-0.2, 0) is 4.74 Å². The van der Waals surface area contributed by atoms with E-state index in [4.69, 9.17) is 13.6 Å². The van der Waals surface area contributed by atoms with Gasteiger partial charge in [0.15, 0.2) is 6.10 Å². The van der Waals surface area contributed by atoms with E-state index in [0.29, 0.717) is 5.89 Å². The van der Waals surface area contributed by atoms with Crippen LogP contribution in [0.3, 0.4) is 0 Å². The molecule has 0 saturated carbocycles. The number of carbonyl (C=O) groups is 1. The Morgan fingerprint density at radius 1 is 1.16 bits per heavy atom. The Kier molecular flexibility index (Phi) is 4.29. The van der Waals surface area contributed by atoms with E-state index in [-0.39, 0.29) is 11.7 Å². The summed E-state index contributed by atoms with van der Waals surface area (Å²) in [4.78, 5) is 21.8. The summed E-state index contributed by atoms with van der Waals surface area (Å²) in [6.45, 7) is 3.51. The second-order valence-corrected chi connectivity index (χ2v) is 5.25. The number of hydrogen-bond acceptors (Lipinski definition) is 8. The standard InChI is InChI=1S/C16H13N3O6/c1-9-3-5-11(6-4-9)15-18-17-14(25-15)10(2)23-16(20)12-7-8-13(24-12)19(21)22/h3-8,10H,1-2H3/t10-/m1/s1. The quantitative estimate of drug-likeness (QED) is 0.392. The summed E-state index contributed by atoms with van der Waals surface area (Å²) in [5.74, 6) is -1.29. The molecule has 3 aromatic rings. The van der Waals surface area contributed by atoms with Gasteiger partial charge in [0.05, 0.1) is 6.07 Å². The number of carbonyl (C=O) groups excluding carboxylic acids is 1. The predicted octanol–water partition coefficient (Wildman–Crippen LogP) is 3.46. The van der Waals surface area contributed by atoms with Crippen LogP contribution in [0.1, 0.15) is 35.0 Å². The average Bonchev–Trinajstić information content (AvgIpc) is 3.25. The number of nitrogens with zero attached hydrogens (tertiary/aromatic N) is 3. The van der Waals surface area contributed by atoms with E-state index < -0.39 is 22.9 Å². The zero-order valence-electron chi connectivity index (χ0n) is 13.3. The number of rotatable bonds is 5. The van der Waals surface area contributed by atoms with Crippen molar-refractivity contribution >= 4 is 11.9 Å². The minimum Gasteiger partial charge on any atom is -0.447 e.